The number of hydrogen-bond acceptors (Lipinski definition) is 2. The molecule has 2 rings (SSSR count). The van der Waals surface area contributed by atoms with Crippen molar-refractivity contribution in [3.8, 4) is 0 Å². The molecule has 1 heterocycles. The van der Waals surface area contributed by atoms with Crippen LogP contribution in [0.3, 0.4) is 0 Å². The third-order valence-electron chi connectivity index (χ3n) is 3.06. The Kier molecular flexibility index (Phi) is 3.44. The maximum absolute atomic E-state index is 6.26. The summed E-state index contributed by atoms with van der Waals surface area (Å²) in [6.07, 6.45) is 1.08. The van der Waals surface area contributed by atoms with Gasteiger partial charge in [-0.05, 0) is 36.6 Å². The van der Waals surface area contributed by atoms with Crippen LogP contribution in [0.1, 0.15) is 23.6 Å². The van der Waals surface area contributed by atoms with Gasteiger partial charge >= 0.3 is 0 Å². The summed E-state index contributed by atoms with van der Waals surface area (Å²) in [4.78, 5) is 0. The molecule has 1 aliphatic heterocycles. The average molecular weight is 270 g/mol. The first kappa shape index (κ1) is 11.1. The lowest BCUT2D eigenvalue weighted by molar-refractivity contribution is 0.181. The van der Waals surface area contributed by atoms with Gasteiger partial charge in [-0.1, -0.05) is 22.0 Å². The van der Waals surface area contributed by atoms with Crippen molar-refractivity contribution in [2.24, 2.45) is 11.7 Å². The minimum Gasteiger partial charge on any atom is -0.381 e. The van der Waals surface area contributed by atoms with Crippen LogP contribution in [0, 0.1) is 12.8 Å². The topological polar surface area (TPSA) is 35.2 Å². The van der Waals surface area contributed by atoms with E-state index < -0.39 is 0 Å². The SMILES string of the molecule is Cc1cc(Br)ccc1C(N)C1CCOC1. The molecule has 2 unspecified atom stereocenters. The average Bonchev–Trinajstić information content (AvgIpc) is 2.69. The van der Waals surface area contributed by atoms with Gasteiger partial charge in [-0.3, -0.25) is 0 Å². The lowest BCUT2D eigenvalue weighted by Crippen LogP contribution is -2.22. The summed E-state index contributed by atoms with van der Waals surface area (Å²) in [5, 5.41) is 0. The lowest BCUT2D eigenvalue weighted by atomic mass is 9.91. The van der Waals surface area contributed by atoms with Gasteiger partial charge < -0.3 is 10.5 Å². The molecular formula is C12H16BrNO. The second-order valence-corrected chi connectivity index (χ2v) is 5.07. The maximum atomic E-state index is 6.26. The Morgan fingerprint density at radius 1 is 1.53 bits per heavy atom. The molecule has 3 heteroatoms. The second-order valence-electron chi connectivity index (χ2n) is 4.15. The minimum absolute atomic E-state index is 0.112. The zero-order chi connectivity index (χ0) is 10.8. The normalized spacial score (nSPS) is 23.0. The fourth-order valence-electron chi connectivity index (χ4n) is 2.10. The van der Waals surface area contributed by atoms with Gasteiger partial charge in [0.25, 0.3) is 0 Å². The molecule has 1 fully saturated rings. The van der Waals surface area contributed by atoms with E-state index in [1.165, 1.54) is 11.1 Å². The highest BCUT2D eigenvalue weighted by molar-refractivity contribution is 9.10. The number of halogens is 1. The van der Waals surface area contributed by atoms with Crippen LogP contribution in [0.15, 0.2) is 22.7 Å². The standard InChI is InChI=1S/C12H16BrNO/c1-8-6-10(13)2-3-11(8)12(14)9-4-5-15-7-9/h2-3,6,9,12H,4-5,7,14H2,1H3. The monoisotopic (exact) mass is 269 g/mol. The molecule has 0 radical (unpaired) electrons. The van der Waals surface area contributed by atoms with Crippen LogP contribution in [0.25, 0.3) is 0 Å². The quantitative estimate of drug-likeness (QED) is 0.896. The van der Waals surface area contributed by atoms with E-state index >= 15 is 0 Å². The van der Waals surface area contributed by atoms with E-state index in [4.69, 9.17) is 10.5 Å². The molecule has 82 valence electrons. The minimum atomic E-state index is 0.112. The third kappa shape index (κ3) is 2.41. The molecule has 0 aliphatic carbocycles. The van der Waals surface area contributed by atoms with Gasteiger partial charge in [0.15, 0.2) is 0 Å². The number of benzene rings is 1. The largest absolute Gasteiger partial charge is 0.381 e. The van der Waals surface area contributed by atoms with Gasteiger partial charge in [0.05, 0.1) is 6.61 Å². The molecule has 0 aromatic heterocycles. The van der Waals surface area contributed by atoms with Crippen molar-refractivity contribution in [3.05, 3.63) is 33.8 Å². The predicted molar refractivity (Wildman–Crippen MR) is 64.7 cm³/mol. The summed E-state index contributed by atoms with van der Waals surface area (Å²) in [6.45, 7) is 3.76. The summed E-state index contributed by atoms with van der Waals surface area (Å²) in [6, 6.07) is 6.39. The molecule has 2 N–H and O–H groups in total. The zero-order valence-electron chi connectivity index (χ0n) is 8.87. The van der Waals surface area contributed by atoms with Crippen molar-refractivity contribution < 1.29 is 4.74 Å². The van der Waals surface area contributed by atoms with E-state index in [2.05, 4.69) is 41.1 Å². The molecule has 2 nitrogen and oxygen atoms in total. The first-order chi connectivity index (χ1) is 7.18. The van der Waals surface area contributed by atoms with E-state index in [0.717, 1.165) is 24.1 Å². The maximum Gasteiger partial charge on any atom is 0.0513 e. The van der Waals surface area contributed by atoms with Gasteiger partial charge in [0.1, 0.15) is 0 Å². The van der Waals surface area contributed by atoms with Crippen LogP contribution in [0.4, 0.5) is 0 Å². The van der Waals surface area contributed by atoms with Gasteiger partial charge in [0.2, 0.25) is 0 Å². The van der Waals surface area contributed by atoms with Gasteiger partial charge in [-0.2, -0.15) is 0 Å². The molecule has 1 saturated heterocycles. The Hall–Kier alpha value is -0.380. The van der Waals surface area contributed by atoms with Crippen LogP contribution >= 0.6 is 15.9 Å². The smallest absolute Gasteiger partial charge is 0.0513 e. The van der Waals surface area contributed by atoms with E-state index in [1.807, 2.05) is 0 Å². The highest BCUT2D eigenvalue weighted by Crippen LogP contribution is 2.29. The van der Waals surface area contributed by atoms with E-state index in [0.29, 0.717) is 5.92 Å². The van der Waals surface area contributed by atoms with Crippen molar-refractivity contribution in [2.75, 3.05) is 13.2 Å². The number of hydrogen-bond donors (Lipinski definition) is 1. The predicted octanol–water partition coefficient (Wildman–Crippen LogP) is 2.79. The van der Waals surface area contributed by atoms with Crippen LogP contribution < -0.4 is 5.73 Å². The number of ether oxygens (including phenoxy) is 1. The summed E-state index contributed by atoms with van der Waals surface area (Å²) in [7, 11) is 0. The molecule has 2 atom stereocenters. The van der Waals surface area contributed by atoms with Crippen molar-refractivity contribution in [2.45, 2.75) is 19.4 Å². The fraction of sp³-hybridized carbons (Fsp3) is 0.500. The Balaban J connectivity index is 2.20. The Morgan fingerprint density at radius 2 is 2.33 bits per heavy atom. The van der Waals surface area contributed by atoms with Crippen LogP contribution in [-0.2, 0) is 4.74 Å². The summed E-state index contributed by atoms with van der Waals surface area (Å²) in [5.74, 6) is 0.477. The molecule has 15 heavy (non-hydrogen) atoms. The molecule has 1 aromatic carbocycles. The molecule has 0 saturated carbocycles. The summed E-state index contributed by atoms with van der Waals surface area (Å²) in [5.41, 5.74) is 8.75. The van der Waals surface area contributed by atoms with Crippen molar-refractivity contribution in [1.29, 1.82) is 0 Å². The number of rotatable bonds is 2. The first-order valence-corrected chi connectivity index (χ1v) is 6.07. The highest BCUT2D eigenvalue weighted by atomic mass is 79.9. The van der Waals surface area contributed by atoms with E-state index in [1.54, 1.807) is 0 Å². The van der Waals surface area contributed by atoms with E-state index in [9.17, 15) is 0 Å². The number of aryl methyl sites for hydroxylation is 1. The van der Waals surface area contributed by atoms with Crippen molar-refractivity contribution in [3.63, 3.8) is 0 Å². The van der Waals surface area contributed by atoms with E-state index in [-0.39, 0.29) is 6.04 Å². The third-order valence-corrected chi connectivity index (χ3v) is 3.56. The van der Waals surface area contributed by atoms with Crippen molar-refractivity contribution in [1.82, 2.24) is 0 Å². The number of nitrogens with two attached hydrogens (primary N) is 1. The fourth-order valence-corrected chi connectivity index (χ4v) is 2.58. The zero-order valence-corrected chi connectivity index (χ0v) is 10.5. The second kappa shape index (κ2) is 4.64. The van der Waals surface area contributed by atoms with Gasteiger partial charge in [-0.25, -0.2) is 0 Å². The van der Waals surface area contributed by atoms with Crippen LogP contribution in [0.5, 0.6) is 0 Å². The van der Waals surface area contributed by atoms with Crippen LogP contribution in [0.2, 0.25) is 0 Å². The first-order valence-electron chi connectivity index (χ1n) is 5.28. The van der Waals surface area contributed by atoms with Gasteiger partial charge in [0, 0.05) is 23.0 Å². The molecule has 0 bridgehead atoms. The molecular weight excluding hydrogens is 254 g/mol. The molecule has 1 aromatic rings. The molecule has 0 amide bonds. The lowest BCUT2D eigenvalue weighted by Gasteiger charge is -2.20. The Morgan fingerprint density at radius 3 is 2.93 bits per heavy atom. The summed E-state index contributed by atoms with van der Waals surface area (Å²) < 4.78 is 6.48. The van der Waals surface area contributed by atoms with Gasteiger partial charge in [-0.15, -0.1) is 0 Å². The Bertz CT molecular complexity index is 347. The van der Waals surface area contributed by atoms with Crippen LogP contribution in [-0.4, -0.2) is 13.2 Å². The molecule has 0 spiro atoms. The molecule has 1 aliphatic rings. The highest BCUT2D eigenvalue weighted by Gasteiger charge is 2.24. The Labute approximate surface area is 98.9 Å². The summed E-state index contributed by atoms with van der Waals surface area (Å²) >= 11 is 3.46. The van der Waals surface area contributed by atoms with Crippen molar-refractivity contribution >= 4 is 15.9 Å².